The quantitative estimate of drug-likeness (QED) is 0.611. The number of likely N-dealkylation sites (tertiary alicyclic amines) is 1. The van der Waals surface area contributed by atoms with Gasteiger partial charge in [-0.05, 0) is 32.4 Å². The summed E-state index contributed by atoms with van der Waals surface area (Å²) < 4.78 is 5.03. The van der Waals surface area contributed by atoms with Crippen molar-refractivity contribution in [3.8, 4) is 0 Å². The van der Waals surface area contributed by atoms with Gasteiger partial charge in [-0.1, -0.05) is 0 Å². The fourth-order valence-corrected chi connectivity index (χ4v) is 2.18. The molecule has 5 nitrogen and oxygen atoms in total. The topological polar surface area (TPSA) is 61.8 Å². The number of carboxylic acid groups (broad SMARTS) is 1. The van der Waals surface area contributed by atoms with Gasteiger partial charge in [0.25, 0.3) is 0 Å². The van der Waals surface area contributed by atoms with Crippen LogP contribution in [-0.2, 0) is 9.53 Å². The van der Waals surface area contributed by atoms with E-state index in [4.69, 9.17) is 9.84 Å². The fourth-order valence-electron chi connectivity index (χ4n) is 2.18. The zero-order chi connectivity index (χ0) is 12.5. The second-order valence-electron chi connectivity index (χ2n) is 4.56. The monoisotopic (exact) mass is 244 g/mol. The van der Waals surface area contributed by atoms with Crippen LogP contribution in [0, 0.1) is 0 Å². The maximum atomic E-state index is 10.4. The van der Waals surface area contributed by atoms with Crippen molar-refractivity contribution in [3.05, 3.63) is 0 Å². The van der Waals surface area contributed by atoms with Crippen LogP contribution >= 0.6 is 0 Å². The average Bonchev–Trinajstić information content (AvgIpc) is 2.31. The molecule has 17 heavy (non-hydrogen) atoms. The number of hydrogen-bond acceptors (Lipinski definition) is 4. The minimum Gasteiger partial charge on any atom is -0.481 e. The van der Waals surface area contributed by atoms with Crippen molar-refractivity contribution in [2.45, 2.75) is 31.7 Å². The van der Waals surface area contributed by atoms with Gasteiger partial charge in [0.2, 0.25) is 0 Å². The fraction of sp³-hybridized carbons (Fsp3) is 0.917. The molecule has 5 heteroatoms. The van der Waals surface area contributed by atoms with Crippen molar-refractivity contribution in [1.82, 2.24) is 10.2 Å². The number of nitrogens with one attached hydrogen (secondary N) is 1. The molecule has 0 aromatic carbocycles. The number of carbonyl (C=O) groups is 1. The lowest BCUT2D eigenvalue weighted by molar-refractivity contribution is -0.136. The number of carboxylic acids is 1. The van der Waals surface area contributed by atoms with Gasteiger partial charge in [-0.2, -0.15) is 0 Å². The molecular formula is C12H24N2O3. The maximum Gasteiger partial charge on any atom is 0.304 e. The highest BCUT2D eigenvalue weighted by Crippen LogP contribution is 2.10. The summed E-state index contributed by atoms with van der Waals surface area (Å²) in [5.41, 5.74) is 0. The van der Waals surface area contributed by atoms with Crippen LogP contribution in [0.15, 0.2) is 0 Å². The van der Waals surface area contributed by atoms with Crippen molar-refractivity contribution < 1.29 is 14.6 Å². The predicted molar refractivity (Wildman–Crippen MR) is 66.2 cm³/mol. The van der Waals surface area contributed by atoms with Gasteiger partial charge < -0.3 is 20.1 Å². The molecule has 1 saturated heterocycles. The largest absolute Gasteiger partial charge is 0.481 e. The smallest absolute Gasteiger partial charge is 0.304 e. The van der Waals surface area contributed by atoms with Crippen LogP contribution in [0.5, 0.6) is 0 Å². The van der Waals surface area contributed by atoms with E-state index in [0.717, 1.165) is 45.5 Å². The molecular weight excluding hydrogens is 220 g/mol. The van der Waals surface area contributed by atoms with Crippen LogP contribution in [0.25, 0.3) is 0 Å². The second-order valence-corrected chi connectivity index (χ2v) is 4.56. The normalized spacial score (nSPS) is 18.4. The Balaban J connectivity index is 2.03. The van der Waals surface area contributed by atoms with Gasteiger partial charge in [-0.25, -0.2) is 0 Å². The Hall–Kier alpha value is -0.650. The predicted octanol–water partition coefficient (Wildman–Crippen LogP) is 0.552. The molecule has 0 aromatic heterocycles. The van der Waals surface area contributed by atoms with E-state index in [0.29, 0.717) is 12.6 Å². The van der Waals surface area contributed by atoms with E-state index < -0.39 is 5.97 Å². The molecule has 0 aliphatic carbocycles. The van der Waals surface area contributed by atoms with Crippen molar-refractivity contribution in [1.29, 1.82) is 0 Å². The third-order valence-corrected chi connectivity index (χ3v) is 3.18. The van der Waals surface area contributed by atoms with Crippen LogP contribution in [0.3, 0.4) is 0 Å². The first-order valence-electron chi connectivity index (χ1n) is 6.39. The lowest BCUT2D eigenvalue weighted by atomic mass is 10.0. The highest BCUT2D eigenvalue weighted by Gasteiger charge is 2.18. The molecule has 0 aromatic rings. The molecule has 0 unspecified atom stereocenters. The molecule has 0 amide bonds. The number of piperidine rings is 1. The Labute approximate surface area is 103 Å². The zero-order valence-corrected chi connectivity index (χ0v) is 10.7. The van der Waals surface area contributed by atoms with Gasteiger partial charge in [-0.15, -0.1) is 0 Å². The number of rotatable bonds is 8. The number of hydrogen-bond donors (Lipinski definition) is 2. The minimum atomic E-state index is -0.727. The zero-order valence-electron chi connectivity index (χ0n) is 10.7. The van der Waals surface area contributed by atoms with Crippen LogP contribution in [0.2, 0.25) is 0 Å². The first kappa shape index (κ1) is 14.4. The van der Waals surface area contributed by atoms with Gasteiger partial charge in [-0.3, -0.25) is 4.79 Å². The maximum absolute atomic E-state index is 10.4. The van der Waals surface area contributed by atoms with Gasteiger partial charge in [0.15, 0.2) is 0 Å². The Kier molecular flexibility index (Phi) is 7.16. The minimum absolute atomic E-state index is 0.216. The molecule has 1 heterocycles. The summed E-state index contributed by atoms with van der Waals surface area (Å²) in [7, 11) is 1.73. The summed E-state index contributed by atoms with van der Waals surface area (Å²) in [6.45, 7) is 4.74. The molecule has 0 bridgehead atoms. The lowest BCUT2D eigenvalue weighted by Crippen LogP contribution is -2.43. The van der Waals surface area contributed by atoms with Crippen molar-refractivity contribution in [3.63, 3.8) is 0 Å². The highest BCUT2D eigenvalue weighted by atomic mass is 16.5. The van der Waals surface area contributed by atoms with Crippen LogP contribution in [0.4, 0.5) is 0 Å². The number of aliphatic carboxylic acids is 1. The van der Waals surface area contributed by atoms with E-state index in [1.165, 1.54) is 0 Å². The van der Waals surface area contributed by atoms with E-state index in [2.05, 4.69) is 10.2 Å². The van der Waals surface area contributed by atoms with Gasteiger partial charge >= 0.3 is 5.97 Å². The molecule has 0 spiro atoms. The van der Waals surface area contributed by atoms with E-state index >= 15 is 0 Å². The first-order chi connectivity index (χ1) is 8.22. The third kappa shape index (κ3) is 6.61. The van der Waals surface area contributed by atoms with Gasteiger partial charge in [0.1, 0.15) is 0 Å². The highest BCUT2D eigenvalue weighted by molar-refractivity contribution is 5.66. The lowest BCUT2D eigenvalue weighted by Gasteiger charge is -2.32. The molecule has 1 rings (SSSR count). The van der Waals surface area contributed by atoms with Crippen LogP contribution < -0.4 is 5.32 Å². The number of ether oxygens (including phenoxy) is 1. The standard InChI is InChI=1S/C12H24N2O3/c1-17-10-2-7-14-8-4-11(5-9-14)13-6-3-12(15)16/h11,13H,2-10H2,1H3,(H,15,16). The van der Waals surface area contributed by atoms with E-state index in [1.54, 1.807) is 7.11 Å². The second kappa shape index (κ2) is 8.44. The SMILES string of the molecule is COCCCN1CCC(NCCC(=O)O)CC1. The third-order valence-electron chi connectivity index (χ3n) is 3.18. The Morgan fingerprint density at radius 1 is 1.47 bits per heavy atom. The molecule has 0 radical (unpaired) electrons. The summed E-state index contributed by atoms with van der Waals surface area (Å²) >= 11 is 0. The van der Waals surface area contributed by atoms with Gasteiger partial charge in [0, 0.05) is 32.8 Å². The van der Waals surface area contributed by atoms with Gasteiger partial charge in [0.05, 0.1) is 6.42 Å². The molecule has 100 valence electrons. The van der Waals surface area contributed by atoms with Crippen LogP contribution in [0.1, 0.15) is 25.7 Å². The Morgan fingerprint density at radius 2 is 2.18 bits per heavy atom. The van der Waals surface area contributed by atoms with E-state index in [-0.39, 0.29) is 6.42 Å². The molecule has 1 aliphatic rings. The van der Waals surface area contributed by atoms with E-state index in [9.17, 15) is 4.79 Å². The summed E-state index contributed by atoms with van der Waals surface area (Å²) in [5, 5.41) is 11.9. The van der Waals surface area contributed by atoms with Crippen molar-refractivity contribution >= 4 is 5.97 Å². The molecule has 1 fully saturated rings. The summed E-state index contributed by atoms with van der Waals surface area (Å²) in [5.74, 6) is -0.727. The summed E-state index contributed by atoms with van der Waals surface area (Å²) in [6.07, 6.45) is 3.54. The van der Waals surface area contributed by atoms with Crippen molar-refractivity contribution in [2.75, 3.05) is 39.9 Å². The number of nitrogens with zero attached hydrogens (tertiary/aromatic N) is 1. The van der Waals surface area contributed by atoms with E-state index in [1.807, 2.05) is 0 Å². The van der Waals surface area contributed by atoms with Crippen molar-refractivity contribution in [2.24, 2.45) is 0 Å². The Morgan fingerprint density at radius 3 is 2.76 bits per heavy atom. The first-order valence-corrected chi connectivity index (χ1v) is 6.39. The number of methoxy groups -OCH3 is 1. The molecule has 1 aliphatic heterocycles. The Bertz CT molecular complexity index is 216. The summed E-state index contributed by atoms with van der Waals surface area (Å²) in [6, 6.07) is 0.494. The molecule has 0 saturated carbocycles. The van der Waals surface area contributed by atoms with Crippen LogP contribution in [-0.4, -0.2) is 61.9 Å². The summed E-state index contributed by atoms with van der Waals surface area (Å²) in [4.78, 5) is 12.8. The average molecular weight is 244 g/mol. The molecule has 0 atom stereocenters. The molecule has 2 N–H and O–H groups in total.